The molecule has 0 unspecified atom stereocenters. The Bertz CT molecular complexity index is 1550. The van der Waals surface area contributed by atoms with Gasteiger partial charge in [-0.15, -0.1) is 12.4 Å². The van der Waals surface area contributed by atoms with Crippen LogP contribution >= 0.6 is 35.8 Å². The number of hydrogen-bond acceptors (Lipinski definition) is 6. The third-order valence-corrected chi connectivity index (χ3v) is 6.36. The number of nitrogens with zero attached hydrogens (tertiary/aromatic N) is 1. The Morgan fingerprint density at radius 2 is 1.70 bits per heavy atom. The number of urea groups is 1. The quantitative estimate of drug-likeness (QED) is 0.159. The third kappa shape index (κ3) is 7.69. The number of benzene rings is 3. The molecular formula is C26H21Cl2F3N4O4S. The number of carbonyl (C=O) groups excluding carboxylic acids is 3. The molecule has 0 spiro atoms. The maximum absolute atomic E-state index is 13.6. The van der Waals surface area contributed by atoms with Crippen LogP contribution in [0.4, 0.5) is 29.3 Å². The predicted octanol–water partition coefficient (Wildman–Crippen LogP) is 6.66. The summed E-state index contributed by atoms with van der Waals surface area (Å²) in [6.45, 7) is -0.455. The van der Waals surface area contributed by atoms with Crippen molar-refractivity contribution in [2.45, 2.75) is 17.0 Å². The summed E-state index contributed by atoms with van der Waals surface area (Å²) in [5.41, 5.74) is 2.55. The SMILES string of the molecule is Cl.NCC(=O)OCc1ccccc1C(=O)n1cc(NC(=O)Nc2ccc(SC(F)(F)F)cc2)c2cc(Cl)ccc21. The summed E-state index contributed by atoms with van der Waals surface area (Å²) in [7, 11) is 0. The van der Waals surface area contributed by atoms with Crippen molar-refractivity contribution in [3.8, 4) is 0 Å². The van der Waals surface area contributed by atoms with Crippen molar-refractivity contribution in [3.63, 3.8) is 0 Å². The largest absolute Gasteiger partial charge is 0.460 e. The van der Waals surface area contributed by atoms with Crippen molar-refractivity contribution in [1.29, 1.82) is 0 Å². The van der Waals surface area contributed by atoms with Crippen LogP contribution in [0.15, 0.2) is 77.8 Å². The van der Waals surface area contributed by atoms with Crippen LogP contribution in [0.2, 0.25) is 5.02 Å². The number of alkyl halides is 3. The number of esters is 1. The van der Waals surface area contributed by atoms with Gasteiger partial charge >= 0.3 is 17.5 Å². The third-order valence-electron chi connectivity index (χ3n) is 5.38. The number of halogens is 5. The number of aromatic nitrogens is 1. The van der Waals surface area contributed by atoms with E-state index in [1.807, 2.05) is 0 Å². The van der Waals surface area contributed by atoms with Crippen molar-refractivity contribution >= 4 is 76.0 Å². The first kappa shape index (κ1) is 30.8. The molecule has 0 radical (unpaired) electrons. The molecular weight excluding hydrogens is 592 g/mol. The molecule has 0 bridgehead atoms. The zero-order valence-electron chi connectivity index (χ0n) is 20.3. The van der Waals surface area contributed by atoms with Gasteiger partial charge in [0, 0.05) is 38.3 Å². The van der Waals surface area contributed by atoms with Gasteiger partial charge in [-0.3, -0.25) is 14.2 Å². The normalized spacial score (nSPS) is 11.0. The summed E-state index contributed by atoms with van der Waals surface area (Å²) in [5.74, 6) is -1.07. The standard InChI is InChI=1S/C26H20ClF3N4O4S.ClH/c27-16-5-10-22-20(11-16)21(33-25(37)32-17-6-8-18(9-7-17)39-26(28,29)30)13-34(22)24(36)19-4-2-1-3-15(19)14-38-23(35)12-31;/h1-11,13H,12,14,31H2,(H2,32,33,37);1H. The summed E-state index contributed by atoms with van der Waals surface area (Å²) in [5, 5.41) is 6.03. The Labute approximate surface area is 241 Å². The van der Waals surface area contributed by atoms with Crippen molar-refractivity contribution in [1.82, 2.24) is 4.57 Å². The van der Waals surface area contributed by atoms with Crippen LogP contribution in [0.1, 0.15) is 15.9 Å². The monoisotopic (exact) mass is 612 g/mol. The Kier molecular flexibility index (Phi) is 10.1. The Hall–Kier alpha value is -3.71. The fourth-order valence-electron chi connectivity index (χ4n) is 3.70. The van der Waals surface area contributed by atoms with Gasteiger partial charge in [0.15, 0.2) is 0 Å². The summed E-state index contributed by atoms with van der Waals surface area (Å²) >= 11 is 5.91. The van der Waals surface area contributed by atoms with Crippen molar-refractivity contribution < 1.29 is 32.3 Å². The molecule has 3 aromatic carbocycles. The van der Waals surface area contributed by atoms with E-state index >= 15 is 0 Å². The Balaban J connectivity index is 0.00000441. The lowest BCUT2D eigenvalue weighted by Gasteiger charge is -2.10. The van der Waals surface area contributed by atoms with Gasteiger partial charge in [0.05, 0.1) is 17.7 Å². The van der Waals surface area contributed by atoms with Gasteiger partial charge in [0.2, 0.25) is 0 Å². The van der Waals surface area contributed by atoms with Crippen LogP contribution in [0.25, 0.3) is 10.9 Å². The topological polar surface area (TPSA) is 115 Å². The second kappa shape index (κ2) is 13.1. The zero-order chi connectivity index (χ0) is 28.2. The van der Waals surface area contributed by atoms with E-state index in [0.717, 1.165) is 0 Å². The first-order valence-electron chi connectivity index (χ1n) is 11.3. The maximum Gasteiger partial charge on any atom is 0.446 e. The number of hydrogen-bond donors (Lipinski definition) is 3. The van der Waals surface area contributed by atoms with Crippen LogP contribution in [0.3, 0.4) is 0 Å². The number of rotatable bonds is 7. The molecule has 1 heterocycles. The number of anilines is 2. The molecule has 0 saturated carbocycles. The van der Waals surface area contributed by atoms with Crippen molar-refractivity contribution in [2.75, 3.05) is 17.2 Å². The molecule has 0 aliphatic carbocycles. The van der Waals surface area contributed by atoms with E-state index in [1.165, 1.54) is 35.0 Å². The number of amides is 2. The lowest BCUT2D eigenvalue weighted by molar-refractivity contribution is -0.143. The molecule has 0 saturated heterocycles. The molecule has 8 nitrogen and oxygen atoms in total. The van der Waals surface area contributed by atoms with Gasteiger partial charge in [-0.1, -0.05) is 29.8 Å². The van der Waals surface area contributed by atoms with Gasteiger partial charge in [0.25, 0.3) is 5.91 Å². The molecule has 0 aliphatic rings. The lowest BCUT2D eigenvalue weighted by Crippen LogP contribution is -2.19. The zero-order valence-corrected chi connectivity index (χ0v) is 22.7. The average Bonchev–Trinajstić information content (AvgIpc) is 3.24. The van der Waals surface area contributed by atoms with Gasteiger partial charge in [-0.2, -0.15) is 13.2 Å². The number of carbonyl (C=O) groups is 3. The van der Waals surface area contributed by atoms with Crippen LogP contribution in [-0.2, 0) is 16.1 Å². The highest BCUT2D eigenvalue weighted by atomic mass is 35.5. The number of nitrogens with one attached hydrogen (secondary N) is 2. The summed E-state index contributed by atoms with van der Waals surface area (Å²) < 4.78 is 44.1. The molecule has 4 rings (SSSR count). The molecule has 4 N–H and O–H groups in total. The number of fused-ring (bicyclic) bond motifs is 1. The van der Waals surface area contributed by atoms with Crippen LogP contribution in [-0.4, -0.2) is 34.5 Å². The average molecular weight is 613 g/mol. The smallest absolute Gasteiger partial charge is 0.446 e. The highest BCUT2D eigenvalue weighted by molar-refractivity contribution is 8.00. The van der Waals surface area contributed by atoms with Crippen molar-refractivity contribution in [2.24, 2.45) is 5.73 Å². The number of nitrogens with two attached hydrogens (primary N) is 1. The molecule has 40 heavy (non-hydrogen) atoms. The van der Waals surface area contributed by atoms with Gasteiger partial charge < -0.3 is 21.1 Å². The molecule has 2 amide bonds. The Morgan fingerprint density at radius 3 is 2.38 bits per heavy atom. The van der Waals surface area contributed by atoms with E-state index in [-0.39, 0.29) is 59.2 Å². The minimum Gasteiger partial charge on any atom is -0.460 e. The van der Waals surface area contributed by atoms with E-state index in [4.69, 9.17) is 22.1 Å². The number of thioether (sulfide) groups is 1. The highest BCUT2D eigenvalue weighted by Gasteiger charge is 2.29. The first-order chi connectivity index (χ1) is 18.5. The molecule has 210 valence electrons. The summed E-state index contributed by atoms with van der Waals surface area (Å²) in [6, 6.07) is 15.8. The highest BCUT2D eigenvalue weighted by Crippen LogP contribution is 2.37. The lowest BCUT2D eigenvalue weighted by atomic mass is 10.1. The molecule has 4 aromatic rings. The number of ether oxygens (including phenoxy) is 1. The van der Waals surface area contributed by atoms with Crippen LogP contribution in [0.5, 0.6) is 0 Å². The van der Waals surface area contributed by atoms with Gasteiger partial charge in [-0.25, -0.2) is 4.79 Å². The molecule has 0 fully saturated rings. The van der Waals surface area contributed by atoms with Crippen LogP contribution in [0, 0.1) is 0 Å². The molecule has 0 aliphatic heterocycles. The second-order valence-electron chi connectivity index (χ2n) is 8.05. The van der Waals surface area contributed by atoms with Crippen molar-refractivity contribution in [3.05, 3.63) is 89.1 Å². The van der Waals surface area contributed by atoms with E-state index in [2.05, 4.69) is 10.6 Å². The summed E-state index contributed by atoms with van der Waals surface area (Å²) in [6.07, 6.45) is 1.43. The van der Waals surface area contributed by atoms with Gasteiger partial charge in [-0.05, 0) is 60.3 Å². The summed E-state index contributed by atoms with van der Waals surface area (Å²) in [4.78, 5) is 37.8. The van der Waals surface area contributed by atoms with E-state index in [0.29, 0.717) is 21.5 Å². The predicted molar refractivity (Wildman–Crippen MR) is 150 cm³/mol. The Morgan fingerprint density at radius 1 is 1.00 bits per heavy atom. The minimum absolute atomic E-state index is 0. The molecule has 14 heteroatoms. The van der Waals surface area contributed by atoms with Crippen LogP contribution < -0.4 is 16.4 Å². The van der Waals surface area contributed by atoms with E-state index in [1.54, 1.807) is 42.5 Å². The molecule has 0 atom stereocenters. The fraction of sp³-hybridized carbons (Fsp3) is 0.115. The van der Waals surface area contributed by atoms with E-state index < -0.39 is 23.4 Å². The van der Waals surface area contributed by atoms with Gasteiger partial charge in [0.1, 0.15) is 6.61 Å². The fourth-order valence-corrected chi connectivity index (χ4v) is 4.41. The maximum atomic E-state index is 13.6. The minimum atomic E-state index is -4.42. The second-order valence-corrected chi connectivity index (χ2v) is 9.63. The molecule has 1 aromatic heterocycles. The first-order valence-corrected chi connectivity index (χ1v) is 12.5. The van der Waals surface area contributed by atoms with E-state index in [9.17, 15) is 27.6 Å².